The SMILES string of the molecule is CN(C(=O)OC(C)(C)C)C1CCN(Cc2nccnc2Cl)CC1. The largest absolute Gasteiger partial charge is 0.444 e. The second-order valence-electron chi connectivity index (χ2n) is 6.89. The third-order valence-corrected chi connectivity index (χ3v) is 4.20. The van der Waals surface area contributed by atoms with E-state index in [1.54, 1.807) is 17.3 Å². The molecule has 0 atom stereocenters. The minimum absolute atomic E-state index is 0.207. The summed E-state index contributed by atoms with van der Waals surface area (Å²) in [5.41, 5.74) is 0.336. The molecule has 1 saturated heterocycles. The summed E-state index contributed by atoms with van der Waals surface area (Å²) < 4.78 is 5.43. The summed E-state index contributed by atoms with van der Waals surface area (Å²) in [6.45, 7) is 8.12. The van der Waals surface area contributed by atoms with E-state index in [2.05, 4.69) is 14.9 Å². The number of halogens is 1. The lowest BCUT2D eigenvalue weighted by Gasteiger charge is -2.37. The van der Waals surface area contributed by atoms with Crippen LogP contribution in [0.15, 0.2) is 12.4 Å². The first-order chi connectivity index (χ1) is 10.8. The van der Waals surface area contributed by atoms with Crippen LogP contribution in [-0.4, -0.2) is 57.6 Å². The molecule has 1 fully saturated rings. The predicted molar refractivity (Wildman–Crippen MR) is 89.3 cm³/mol. The molecule has 1 aromatic heterocycles. The number of carbonyl (C=O) groups excluding carboxylic acids is 1. The first-order valence-electron chi connectivity index (χ1n) is 7.90. The minimum atomic E-state index is -0.464. The highest BCUT2D eigenvalue weighted by atomic mass is 35.5. The van der Waals surface area contributed by atoms with E-state index in [4.69, 9.17) is 16.3 Å². The number of rotatable bonds is 3. The van der Waals surface area contributed by atoms with E-state index in [-0.39, 0.29) is 12.1 Å². The zero-order valence-corrected chi connectivity index (χ0v) is 15.0. The summed E-state index contributed by atoms with van der Waals surface area (Å²) in [6.07, 6.45) is 4.81. The molecule has 23 heavy (non-hydrogen) atoms. The standard InChI is InChI=1S/C16H25ClN4O2/c1-16(2,3)23-15(22)20(4)12-5-9-21(10-6-12)11-13-14(17)19-8-7-18-13/h7-8,12H,5-6,9-11H2,1-4H3. The van der Waals surface area contributed by atoms with Gasteiger partial charge in [0.25, 0.3) is 0 Å². The molecule has 0 aromatic carbocycles. The highest BCUT2D eigenvalue weighted by Gasteiger charge is 2.28. The average Bonchev–Trinajstić information content (AvgIpc) is 2.48. The van der Waals surface area contributed by atoms with Gasteiger partial charge in [0.2, 0.25) is 0 Å². The van der Waals surface area contributed by atoms with Gasteiger partial charge in [-0.05, 0) is 33.6 Å². The van der Waals surface area contributed by atoms with Crippen molar-refractivity contribution < 1.29 is 9.53 Å². The molecule has 1 aliphatic rings. The highest BCUT2D eigenvalue weighted by Crippen LogP contribution is 2.20. The summed E-state index contributed by atoms with van der Waals surface area (Å²) in [5.74, 6) is 0. The summed E-state index contributed by atoms with van der Waals surface area (Å²) in [5, 5.41) is 0.459. The van der Waals surface area contributed by atoms with Crippen LogP contribution in [0, 0.1) is 0 Å². The Morgan fingerprint density at radius 3 is 2.52 bits per heavy atom. The molecule has 0 N–H and O–H groups in total. The Morgan fingerprint density at radius 1 is 1.35 bits per heavy atom. The maximum Gasteiger partial charge on any atom is 0.410 e. The summed E-state index contributed by atoms with van der Waals surface area (Å²) in [7, 11) is 1.81. The van der Waals surface area contributed by atoms with E-state index in [1.165, 1.54) is 0 Å². The Labute approximate surface area is 142 Å². The molecule has 0 radical (unpaired) electrons. The monoisotopic (exact) mass is 340 g/mol. The lowest BCUT2D eigenvalue weighted by Crippen LogP contribution is -2.46. The molecule has 2 rings (SSSR count). The van der Waals surface area contributed by atoms with Gasteiger partial charge in [-0.2, -0.15) is 0 Å². The van der Waals surface area contributed by atoms with Crippen molar-refractivity contribution in [1.29, 1.82) is 0 Å². The maximum absolute atomic E-state index is 12.1. The zero-order chi connectivity index (χ0) is 17.0. The van der Waals surface area contributed by atoms with Gasteiger partial charge in [0, 0.05) is 45.1 Å². The van der Waals surface area contributed by atoms with Crippen molar-refractivity contribution in [2.45, 2.75) is 51.8 Å². The lowest BCUT2D eigenvalue weighted by atomic mass is 10.0. The van der Waals surface area contributed by atoms with Crippen LogP contribution in [-0.2, 0) is 11.3 Å². The maximum atomic E-state index is 12.1. The van der Waals surface area contributed by atoms with Crippen LogP contribution in [0.2, 0.25) is 5.15 Å². The normalized spacial score (nSPS) is 17.1. The van der Waals surface area contributed by atoms with Gasteiger partial charge in [0.05, 0.1) is 5.69 Å². The Balaban J connectivity index is 1.84. The van der Waals surface area contributed by atoms with E-state index in [1.807, 2.05) is 27.8 Å². The average molecular weight is 341 g/mol. The number of piperidine rings is 1. The second kappa shape index (κ2) is 7.45. The fourth-order valence-corrected chi connectivity index (χ4v) is 2.78. The van der Waals surface area contributed by atoms with Crippen LogP contribution in [0.4, 0.5) is 4.79 Å². The Hall–Kier alpha value is -1.40. The summed E-state index contributed by atoms with van der Waals surface area (Å²) in [4.78, 5) is 24.5. The zero-order valence-electron chi connectivity index (χ0n) is 14.3. The van der Waals surface area contributed by atoms with Crippen molar-refractivity contribution in [3.8, 4) is 0 Å². The van der Waals surface area contributed by atoms with Gasteiger partial charge in [-0.25, -0.2) is 9.78 Å². The van der Waals surface area contributed by atoms with Crippen molar-refractivity contribution >= 4 is 17.7 Å². The summed E-state index contributed by atoms with van der Waals surface area (Å²) in [6, 6.07) is 0.207. The molecular weight excluding hydrogens is 316 g/mol. The number of amides is 1. The van der Waals surface area contributed by atoms with E-state index >= 15 is 0 Å². The highest BCUT2D eigenvalue weighted by molar-refractivity contribution is 6.29. The number of hydrogen-bond donors (Lipinski definition) is 0. The van der Waals surface area contributed by atoms with Gasteiger partial charge in [-0.15, -0.1) is 0 Å². The van der Waals surface area contributed by atoms with Gasteiger partial charge < -0.3 is 9.64 Å². The van der Waals surface area contributed by atoms with Crippen LogP contribution in [0.3, 0.4) is 0 Å². The first-order valence-corrected chi connectivity index (χ1v) is 8.27. The number of hydrogen-bond acceptors (Lipinski definition) is 5. The molecule has 0 aliphatic carbocycles. The van der Waals surface area contributed by atoms with Crippen molar-refractivity contribution in [2.24, 2.45) is 0 Å². The van der Waals surface area contributed by atoms with Crippen LogP contribution in [0.5, 0.6) is 0 Å². The van der Waals surface area contributed by atoms with Gasteiger partial charge in [0.1, 0.15) is 5.60 Å². The van der Waals surface area contributed by atoms with Crippen LogP contribution >= 0.6 is 11.6 Å². The number of carbonyl (C=O) groups is 1. The van der Waals surface area contributed by atoms with E-state index in [0.717, 1.165) is 31.6 Å². The van der Waals surface area contributed by atoms with Crippen LogP contribution in [0.25, 0.3) is 0 Å². The molecule has 1 aliphatic heterocycles. The molecule has 0 saturated carbocycles. The summed E-state index contributed by atoms with van der Waals surface area (Å²) >= 11 is 6.06. The molecule has 7 heteroatoms. The third kappa shape index (κ3) is 5.32. The molecule has 1 aromatic rings. The quantitative estimate of drug-likeness (QED) is 0.846. The molecular formula is C16H25ClN4O2. The topological polar surface area (TPSA) is 58.6 Å². The third-order valence-electron chi connectivity index (χ3n) is 3.88. The van der Waals surface area contributed by atoms with Crippen molar-refractivity contribution in [3.05, 3.63) is 23.2 Å². The van der Waals surface area contributed by atoms with Gasteiger partial charge >= 0.3 is 6.09 Å². The smallest absolute Gasteiger partial charge is 0.410 e. The predicted octanol–water partition coefficient (Wildman–Crippen LogP) is 2.96. The van der Waals surface area contributed by atoms with Crippen LogP contribution < -0.4 is 0 Å². The van der Waals surface area contributed by atoms with Gasteiger partial charge in [-0.1, -0.05) is 11.6 Å². The molecule has 0 unspecified atom stereocenters. The molecule has 0 bridgehead atoms. The Bertz CT molecular complexity index is 539. The number of likely N-dealkylation sites (tertiary alicyclic amines) is 1. The van der Waals surface area contributed by atoms with E-state index in [0.29, 0.717) is 11.7 Å². The number of aromatic nitrogens is 2. The molecule has 0 spiro atoms. The van der Waals surface area contributed by atoms with E-state index < -0.39 is 5.60 Å². The molecule has 6 nitrogen and oxygen atoms in total. The molecule has 128 valence electrons. The minimum Gasteiger partial charge on any atom is -0.444 e. The van der Waals surface area contributed by atoms with Gasteiger partial charge in [-0.3, -0.25) is 9.88 Å². The van der Waals surface area contributed by atoms with Crippen molar-refractivity contribution in [3.63, 3.8) is 0 Å². The van der Waals surface area contributed by atoms with Crippen molar-refractivity contribution in [1.82, 2.24) is 19.8 Å². The van der Waals surface area contributed by atoms with E-state index in [9.17, 15) is 4.79 Å². The van der Waals surface area contributed by atoms with Crippen molar-refractivity contribution in [2.75, 3.05) is 20.1 Å². The molecule has 1 amide bonds. The number of nitrogens with zero attached hydrogens (tertiary/aromatic N) is 4. The first kappa shape index (κ1) is 17.9. The van der Waals surface area contributed by atoms with Gasteiger partial charge in [0.15, 0.2) is 5.15 Å². The Morgan fingerprint density at radius 2 is 1.96 bits per heavy atom. The number of ether oxygens (including phenoxy) is 1. The fourth-order valence-electron chi connectivity index (χ4n) is 2.62. The second-order valence-corrected chi connectivity index (χ2v) is 7.25. The fraction of sp³-hybridized carbons (Fsp3) is 0.688. The Kier molecular flexibility index (Phi) is 5.81. The lowest BCUT2D eigenvalue weighted by molar-refractivity contribution is 0.0148. The van der Waals surface area contributed by atoms with Crippen LogP contribution in [0.1, 0.15) is 39.3 Å². The molecule has 2 heterocycles.